The molecule has 0 amide bonds. The Bertz CT molecular complexity index is 234. The number of hydrogen-bond donors (Lipinski definition) is 0. The van der Waals surface area contributed by atoms with Crippen LogP contribution in [0.3, 0.4) is 0 Å². The fourth-order valence-corrected chi connectivity index (χ4v) is 1.03. The van der Waals surface area contributed by atoms with Crippen molar-refractivity contribution in [3.63, 3.8) is 0 Å². The summed E-state index contributed by atoms with van der Waals surface area (Å²) >= 11 is 0. The van der Waals surface area contributed by atoms with Gasteiger partial charge in [-0.25, -0.2) is 4.79 Å². The third-order valence-corrected chi connectivity index (χ3v) is 2.51. The van der Waals surface area contributed by atoms with E-state index in [0.717, 1.165) is 19.4 Å². The first-order chi connectivity index (χ1) is 6.85. The molecule has 0 aliphatic heterocycles. The first-order valence-electron chi connectivity index (χ1n) is 5.50. The zero-order chi connectivity index (χ0) is 12.1. The zero-order valence-corrected chi connectivity index (χ0v) is 10.6. The predicted molar refractivity (Wildman–Crippen MR) is 62.3 cm³/mol. The summed E-state index contributed by atoms with van der Waals surface area (Å²) in [6.07, 6.45) is 1.88. The van der Waals surface area contributed by atoms with Gasteiger partial charge in [-0.1, -0.05) is 20.4 Å². The lowest BCUT2D eigenvalue weighted by Gasteiger charge is -2.35. The number of nitrogens with zero attached hydrogens (tertiary/aromatic N) is 1. The maximum absolute atomic E-state index is 11.4. The lowest BCUT2D eigenvalue weighted by atomic mass is 10.0. The van der Waals surface area contributed by atoms with Gasteiger partial charge in [-0.15, -0.1) is 5.06 Å². The Labute approximate surface area is 93.1 Å². The zero-order valence-electron chi connectivity index (χ0n) is 10.6. The maximum Gasteiger partial charge on any atom is 0.352 e. The largest absolute Gasteiger partial charge is 0.364 e. The molecular formula is C12H23NO2. The number of hydrogen-bond acceptors (Lipinski definition) is 3. The van der Waals surface area contributed by atoms with Gasteiger partial charge in [0.15, 0.2) is 0 Å². The summed E-state index contributed by atoms with van der Waals surface area (Å²) in [5.41, 5.74) is 0.309. The fraction of sp³-hybridized carbons (Fsp3) is 0.750. The summed E-state index contributed by atoms with van der Waals surface area (Å²) < 4.78 is 0. The van der Waals surface area contributed by atoms with Crippen LogP contribution >= 0.6 is 0 Å². The van der Waals surface area contributed by atoms with E-state index in [-0.39, 0.29) is 11.5 Å². The third-order valence-electron chi connectivity index (χ3n) is 2.51. The van der Waals surface area contributed by atoms with Crippen molar-refractivity contribution in [1.29, 1.82) is 0 Å². The molecule has 0 rings (SSSR count). The highest BCUT2D eigenvalue weighted by atomic mass is 16.7. The summed E-state index contributed by atoms with van der Waals surface area (Å²) in [6.45, 7) is 14.3. The molecule has 3 nitrogen and oxygen atoms in total. The van der Waals surface area contributed by atoms with Crippen LogP contribution < -0.4 is 0 Å². The molecule has 0 heterocycles. The van der Waals surface area contributed by atoms with Gasteiger partial charge in [-0.2, -0.15) is 0 Å². The van der Waals surface area contributed by atoms with E-state index < -0.39 is 0 Å². The molecule has 0 aromatic rings. The molecule has 3 heteroatoms. The highest BCUT2D eigenvalue weighted by Crippen LogP contribution is 2.19. The molecule has 0 fully saturated rings. The SMILES string of the molecule is C=C(C)C(=O)ON(CCC)C(C)(C)CC. The summed E-state index contributed by atoms with van der Waals surface area (Å²) in [5, 5.41) is 1.75. The molecule has 0 aliphatic rings. The van der Waals surface area contributed by atoms with Crippen LogP contribution in [-0.2, 0) is 9.63 Å². The molecule has 0 spiro atoms. The third kappa shape index (κ3) is 4.47. The Balaban J connectivity index is 4.54. The number of hydroxylamine groups is 2. The van der Waals surface area contributed by atoms with Crippen molar-refractivity contribution in [2.75, 3.05) is 6.54 Å². The van der Waals surface area contributed by atoms with E-state index in [2.05, 4.69) is 34.3 Å². The average Bonchev–Trinajstić information content (AvgIpc) is 2.16. The van der Waals surface area contributed by atoms with E-state index in [9.17, 15) is 4.79 Å². The predicted octanol–water partition coefficient (Wildman–Crippen LogP) is 2.92. The molecule has 0 N–H and O–H groups in total. The standard InChI is InChI=1S/C12H23NO2/c1-7-9-13(12(5,6)8-2)15-11(14)10(3)4/h3,7-9H2,1-2,4-6H3. The second-order valence-corrected chi connectivity index (χ2v) is 4.43. The lowest BCUT2D eigenvalue weighted by Crippen LogP contribution is -2.45. The van der Waals surface area contributed by atoms with Crippen LogP contribution in [0.2, 0.25) is 0 Å². The Kier molecular flexibility index (Phi) is 5.58. The summed E-state index contributed by atoms with van der Waals surface area (Å²) in [4.78, 5) is 16.7. The molecule has 0 radical (unpaired) electrons. The van der Waals surface area contributed by atoms with E-state index in [1.165, 1.54) is 0 Å². The number of carbonyl (C=O) groups is 1. The molecule has 0 saturated heterocycles. The van der Waals surface area contributed by atoms with E-state index in [1.807, 2.05) is 0 Å². The molecule has 88 valence electrons. The van der Waals surface area contributed by atoms with Crippen LogP contribution in [0.1, 0.15) is 47.5 Å². The number of rotatable bonds is 6. The highest BCUT2D eigenvalue weighted by Gasteiger charge is 2.27. The van der Waals surface area contributed by atoms with Crippen molar-refractivity contribution < 1.29 is 9.63 Å². The second kappa shape index (κ2) is 5.91. The minimum Gasteiger partial charge on any atom is -0.364 e. The summed E-state index contributed by atoms with van der Waals surface area (Å²) in [7, 11) is 0. The molecular weight excluding hydrogens is 190 g/mol. The molecule has 0 unspecified atom stereocenters. The first kappa shape index (κ1) is 14.2. The van der Waals surface area contributed by atoms with Crippen LogP contribution in [0.4, 0.5) is 0 Å². The molecule has 0 saturated carbocycles. The molecule has 0 aromatic heterocycles. The van der Waals surface area contributed by atoms with Gasteiger partial charge in [0.1, 0.15) is 0 Å². The van der Waals surface area contributed by atoms with Crippen molar-refractivity contribution in [3.8, 4) is 0 Å². The molecule has 0 atom stereocenters. The fourth-order valence-electron chi connectivity index (χ4n) is 1.03. The monoisotopic (exact) mass is 213 g/mol. The minimum atomic E-state index is -0.343. The van der Waals surface area contributed by atoms with Crippen molar-refractivity contribution in [2.24, 2.45) is 0 Å². The van der Waals surface area contributed by atoms with Crippen LogP contribution in [0.15, 0.2) is 12.2 Å². The Morgan fingerprint density at radius 3 is 2.27 bits per heavy atom. The quantitative estimate of drug-likeness (QED) is 0.502. The van der Waals surface area contributed by atoms with Crippen LogP contribution in [0, 0.1) is 0 Å². The second-order valence-electron chi connectivity index (χ2n) is 4.43. The van der Waals surface area contributed by atoms with Gasteiger partial charge < -0.3 is 4.84 Å². The Hall–Kier alpha value is -0.830. The molecule has 0 aromatic carbocycles. The van der Waals surface area contributed by atoms with E-state index >= 15 is 0 Å². The summed E-state index contributed by atoms with van der Waals surface area (Å²) in [5.74, 6) is -0.343. The van der Waals surface area contributed by atoms with Gasteiger partial charge in [0, 0.05) is 12.1 Å². The average molecular weight is 213 g/mol. The smallest absolute Gasteiger partial charge is 0.352 e. The molecule has 15 heavy (non-hydrogen) atoms. The van der Waals surface area contributed by atoms with Crippen molar-refractivity contribution in [3.05, 3.63) is 12.2 Å². The van der Waals surface area contributed by atoms with Gasteiger partial charge >= 0.3 is 5.97 Å². The number of carbonyl (C=O) groups excluding carboxylic acids is 1. The molecule has 0 bridgehead atoms. The van der Waals surface area contributed by atoms with E-state index in [0.29, 0.717) is 5.57 Å². The minimum absolute atomic E-state index is 0.124. The van der Waals surface area contributed by atoms with Crippen molar-refractivity contribution in [2.45, 2.75) is 53.0 Å². The van der Waals surface area contributed by atoms with Gasteiger partial charge in [0.2, 0.25) is 0 Å². The topological polar surface area (TPSA) is 29.5 Å². The van der Waals surface area contributed by atoms with Crippen molar-refractivity contribution >= 4 is 5.97 Å². The normalized spacial score (nSPS) is 11.6. The van der Waals surface area contributed by atoms with Gasteiger partial charge in [0.25, 0.3) is 0 Å². The van der Waals surface area contributed by atoms with Gasteiger partial charge in [-0.05, 0) is 33.6 Å². The van der Waals surface area contributed by atoms with Crippen LogP contribution in [-0.4, -0.2) is 23.1 Å². The van der Waals surface area contributed by atoms with Gasteiger partial charge in [0.05, 0.1) is 5.54 Å². The van der Waals surface area contributed by atoms with E-state index in [4.69, 9.17) is 4.84 Å². The summed E-state index contributed by atoms with van der Waals surface area (Å²) in [6, 6.07) is 0. The first-order valence-corrected chi connectivity index (χ1v) is 5.50. The molecule has 0 aliphatic carbocycles. The Morgan fingerprint density at radius 1 is 1.40 bits per heavy atom. The highest BCUT2D eigenvalue weighted by molar-refractivity contribution is 5.86. The lowest BCUT2D eigenvalue weighted by molar-refractivity contribution is -0.213. The van der Waals surface area contributed by atoms with Crippen LogP contribution in [0.25, 0.3) is 0 Å². The van der Waals surface area contributed by atoms with Crippen molar-refractivity contribution in [1.82, 2.24) is 5.06 Å². The Morgan fingerprint density at radius 2 is 1.93 bits per heavy atom. The van der Waals surface area contributed by atoms with E-state index in [1.54, 1.807) is 12.0 Å². The van der Waals surface area contributed by atoms with Gasteiger partial charge in [-0.3, -0.25) is 0 Å². The van der Waals surface area contributed by atoms with Crippen LogP contribution in [0.5, 0.6) is 0 Å². The maximum atomic E-state index is 11.4.